The number of carbonyl (C=O) groups is 1. The third-order valence-corrected chi connectivity index (χ3v) is 3.67. The summed E-state index contributed by atoms with van der Waals surface area (Å²) in [6.45, 7) is 0. The molecule has 1 amide bonds. The third-order valence-electron chi connectivity index (χ3n) is 2.76. The molecule has 0 fully saturated rings. The van der Waals surface area contributed by atoms with E-state index < -0.39 is 0 Å². The van der Waals surface area contributed by atoms with Gasteiger partial charge < -0.3 is 21.0 Å². The van der Waals surface area contributed by atoms with Crippen LogP contribution in [0.1, 0.15) is 15.2 Å². The Kier molecular flexibility index (Phi) is 4.78. The van der Waals surface area contributed by atoms with E-state index >= 15 is 0 Å². The van der Waals surface area contributed by atoms with E-state index in [-0.39, 0.29) is 11.7 Å². The van der Waals surface area contributed by atoms with Crippen LogP contribution in [0.5, 0.6) is 5.75 Å². The summed E-state index contributed by atoms with van der Waals surface area (Å²) >= 11 is 1.32. The van der Waals surface area contributed by atoms with Crippen LogP contribution in [-0.2, 0) is 6.42 Å². The molecule has 0 bridgehead atoms. The Balaban J connectivity index is 2.01. The van der Waals surface area contributed by atoms with Gasteiger partial charge in [0.25, 0.3) is 5.91 Å². The summed E-state index contributed by atoms with van der Waals surface area (Å²) in [5.74, 6) is 0.615. The van der Waals surface area contributed by atoms with E-state index in [0.717, 1.165) is 5.56 Å². The number of nitrogens with zero attached hydrogens (tertiary/aromatic N) is 1. The number of oxime groups is 1. The van der Waals surface area contributed by atoms with Crippen LogP contribution in [0.2, 0.25) is 0 Å². The molecule has 1 aromatic heterocycles. The molecule has 1 aromatic carbocycles. The van der Waals surface area contributed by atoms with Crippen molar-refractivity contribution in [2.24, 2.45) is 10.9 Å². The SMILES string of the molecule is COc1csc(C(=O)Nc2ccc(C/C(N)=N/O)cc2)c1. The summed E-state index contributed by atoms with van der Waals surface area (Å²) < 4.78 is 5.05. The number of hydrogen-bond acceptors (Lipinski definition) is 5. The van der Waals surface area contributed by atoms with Crippen molar-refractivity contribution in [2.45, 2.75) is 6.42 Å². The minimum atomic E-state index is -0.188. The average molecular weight is 305 g/mol. The Morgan fingerprint density at radius 1 is 1.43 bits per heavy atom. The summed E-state index contributed by atoms with van der Waals surface area (Å²) in [7, 11) is 1.56. The van der Waals surface area contributed by atoms with Gasteiger partial charge in [0.2, 0.25) is 0 Å². The lowest BCUT2D eigenvalue weighted by Gasteiger charge is -2.05. The Labute approximate surface area is 125 Å². The number of hydrogen-bond donors (Lipinski definition) is 3. The molecule has 0 aliphatic heterocycles. The summed E-state index contributed by atoms with van der Waals surface area (Å²) in [5.41, 5.74) is 7.00. The van der Waals surface area contributed by atoms with Crippen LogP contribution in [0.15, 0.2) is 40.9 Å². The highest BCUT2D eigenvalue weighted by atomic mass is 32.1. The van der Waals surface area contributed by atoms with Gasteiger partial charge in [-0.15, -0.1) is 11.3 Å². The lowest BCUT2D eigenvalue weighted by atomic mass is 10.1. The number of anilines is 1. The fraction of sp³-hybridized carbons (Fsp3) is 0.143. The first-order chi connectivity index (χ1) is 10.1. The number of nitrogens with one attached hydrogen (secondary N) is 1. The number of carbonyl (C=O) groups excluding carboxylic acids is 1. The molecule has 4 N–H and O–H groups in total. The first-order valence-corrected chi connectivity index (χ1v) is 6.99. The second-order valence-corrected chi connectivity index (χ2v) is 5.18. The van der Waals surface area contributed by atoms with Crippen LogP contribution in [0.4, 0.5) is 5.69 Å². The molecule has 0 saturated heterocycles. The molecule has 0 atom stereocenters. The highest BCUT2D eigenvalue weighted by Gasteiger charge is 2.09. The number of benzene rings is 1. The van der Waals surface area contributed by atoms with E-state index in [0.29, 0.717) is 22.7 Å². The van der Waals surface area contributed by atoms with E-state index in [1.54, 1.807) is 30.7 Å². The standard InChI is InChI=1S/C14H15N3O3S/c1-20-11-7-12(21-8-11)14(18)16-10-4-2-9(3-5-10)6-13(15)17-19/h2-5,7-8,19H,6H2,1H3,(H2,15,17)(H,16,18). The maximum Gasteiger partial charge on any atom is 0.265 e. The average Bonchev–Trinajstić information content (AvgIpc) is 2.98. The Hall–Kier alpha value is -2.54. The van der Waals surface area contributed by atoms with Crippen molar-refractivity contribution in [3.63, 3.8) is 0 Å². The van der Waals surface area contributed by atoms with E-state index in [1.807, 2.05) is 12.1 Å². The van der Waals surface area contributed by atoms with Crippen LogP contribution >= 0.6 is 11.3 Å². The van der Waals surface area contributed by atoms with Crippen molar-refractivity contribution < 1.29 is 14.7 Å². The quantitative estimate of drug-likeness (QED) is 0.342. The molecule has 0 spiro atoms. The van der Waals surface area contributed by atoms with Gasteiger partial charge in [-0.3, -0.25) is 4.79 Å². The van der Waals surface area contributed by atoms with Gasteiger partial charge in [-0.05, 0) is 17.7 Å². The zero-order valence-electron chi connectivity index (χ0n) is 11.4. The van der Waals surface area contributed by atoms with Crippen molar-refractivity contribution in [1.29, 1.82) is 0 Å². The number of methoxy groups -OCH3 is 1. The molecule has 0 aliphatic rings. The van der Waals surface area contributed by atoms with Crippen LogP contribution in [-0.4, -0.2) is 24.1 Å². The lowest BCUT2D eigenvalue weighted by Crippen LogP contribution is -2.14. The van der Waals surface area contributed by atoms with E-state index in [2.05, 4.69) is 10.5 Å². The molecule has 0 saturated carbocycles. The van der Waals surface area contributed by atoms with Gasteiger partial charge in [-0.2, -0.15) is 0 Å². The zero-order chi connectivity index (χ0) is 15.2. The zero-order valence-corrected chi connectivity index (χ0v) is 12.2. The van der Waals surface area contributed by atoms with Crippen LogP contribution in [0, 0.1) is 0 Å². The Morgan fingerprint density at radius 2 is 2.14 bits per heavy atom. The fourth-order valence-electron chi connectivity index (χ4n) is 1.69. The molecule has 0 radical (unpaired) electrons. The predicted octanol–water partition coefficient (Wildman–Crippen LogP) is 2.30. The number of amidine groups is 1. The molecule has 2 rings (SSSR count). The summed E-state index contributed by atoms with van der Waals surface area (Å²) in [6.07, 6.45) is 0.354. The monoisotopic (exact) mass is 305 g/mol. The van der Waals surface area contributed by atoms with Gasteiger partial charge >= 0.3 is 0 Å². The predicted molar refractivity (Wildman–Crippen MR) is 82.4 cm³/mol. The first kappa shape index (κ1) is 14.9. The van der Waals surface area contributed by atoms with Gasteiger partial charge in [-0.1, -0.05) is 17.3 Å². The smallest absolute Gasteiger partial charge is 0.265 e. The maximum atomic E-state index is 12.0. The molecule has 2 aromatic rings. The van der Waals surface area contributed by atoms with Gasteiger partial charge in [-0.25, -0.2) is 0 Å². The van der Waals surface area contributed by atoms with Gasteiger partial charge in [0.15, 0.2) is 0 Å². The van der Waals surface area contributed by atoms with Gasteiger partial charge in [0.05, 0.1) is 12.0 Å². The van der Waals surface area contributed by atoms with Crippen molar-refractivity contribution in [1.82, 2.24) is 0 Å². The maximum absolute atomic E-state index is 12.0. The molecule has 21 heavy (non-hydrogen) atoms. The van der Waals surface area contributed by atoms with E-state index in [1.165, 1.54) is 11.3 Å². The summed E-state index contributed by atoms with van der Waals surface area (Å²) in [5, 5.41) is 16.0. The number of amides is 1. The summed E-state index contributed by atoms with van der Waals surface area (Å²) in [6, 6.07) is 8.84. The van der Waals surface area contributed by atoms with Crippen molar-refractivity contribution in [3.8, 4) is 5.75 Å². The fourth-order valence-corrected chi connectivity index (χ4v) is 2.44. The molecule has 1 heterocycles. The number of thiophene rings is 1. The first-order valence-electron chi connectivity index (χ1n) is 6.11. The highest BCUT2D eigenvalue weighted by Crippen LogP contribution is 2.22. The molecule has 0 unspecified atom stereocenters. The van der Waals surface area contributed by atoms with Gasteiger partial charge in [0, 0.05) is 23.6 Å². The van der Waals surface area contributed by atoms with Crippen LogP contribution in [0.25, 0.3) is 0 Å². The molecule has 110 valence electrons. The number of nitrogens with two attached hydrogens (primary N) is 1. The van der Waals surface area contributed by atoms with Crippen molar-refractivity contribution in [3.05, 3.63) is 46.2 Å². The summed E-state index contributed by atoms with van der Waals surface area (Å²) in [4.78, 5) is 12.6. The minimum Gasteiger partial charge on any atom is -0.496 e. The minimum absolute atomic E-state index is 0.137. The van der Waals surface area contributed by atoms with Crippen molar-refractivity contribution in [2.75, 3.05) is 12.4 Å². The largest absolute Gasteiger partial charge is 0.496 e. The molecule has 6 nitrogen and oxygen atoms in total. The van der Waals surface area contributed by atoms with Gasteiger partial charge in [0.1, 0.15) is 11.6 Å². The van der Waals surface area contributed by atoms with E-state index in [4.69, 9.17) is 15.7 Å². The number of rotatable bonds is 5. The third kappa shape index (κ3) is 3.96. The second-order valence-electron chi connectivity index (χ2n) is 4.27. The van der Waals surface area contributed by atoms with Crippen LogP contribution < -0.4 is 15.8 Å². The molecule has 0 aliphatic carbocycles. The normalized spacial score (nSPS) is 11.2. The lowest BCUT2D eigenvalue weighted by molar-refractivity contribution is 0.103. The molecular formula is C14H15N3O3S. The van der Waals surface area contributed by atoms with Crippen molar-refractivity contribution >= 4 is 28.8 Å². The Bertz CT molecular complexity index is 650. The van der Waals surface area contributed by atoms with E-state index in [9.17, 15) is 4.79 Å². The number of ether oxygens (including phenoxy) is 1. The van der Waals surface area contributed by atoms with Crippen LogP contribution in [0.3, 0.4) is 0 Å². The Morgan fingerprint density at radius 3 is 2.71 bits per heavy atom. The molecule has 7 heteroatoms. The highest BCUT2D eigenvalue weighted by molar-refractivity contribution is 7.12. The second kappa shape index (κ2) is 6.76. The topological polar surface area (TPSA) is 96.9 Å². The molecular weight excluding hydrogens is 290 g/mol.